The number of carbonyl (C=O) groups excluding carboxylic acids is 1. The average Bonchev–Trinajstić information content (AvgIpc) is 3.59. The molecule has 6 rings (SSSR count). The molecule has 0 spiro atoms. The van der Waals surface area contributed by atoms with E-state index in [0.29, 0.717) is 17.0 Å². The van der Waals surface area contributed by atoms with Gasteiger partial charge in [-0.2, -0.15) is 4.98 Å². The fourth-order valence-corrected chi connectivity index (χ4v) is 4.45. The highest BCUT2D eigenvalue weighted by Gasteiger charge is 2.19. The summed E-state index contributed by atoms with van der Waals surface area (Å²) >= 11 is 0. The molecule has 0 aliphatic heterocycles. The van der Waals surface area contributed by atoms with Crippen LogP contribution in [0.3, 0.4) is 0 Å². The molecule has 1 aliphatic rings. The number of carbonyl (C=O) groups is 1. The fourth-order valence-electron chi connectivity index (χ4n) is 4.45. The van der Waals surface area contributed by atoms with Gasteiger partial charge in [-0.05, 0) is 61.6 Å². The van der Waals surface area contributed by atoms with Crippen LogP contribution in [-0.4, -0.2) is 30.2 Å². The van der Waals surface area contributed by atoms with Crippen molar-refractivity contribution >= 4 is 17.2 Å². The number of fused-ring (bicyclic) bond motifs is 2. The van der Waals surface area contributed by atoms with Crippen molar-refractivity contribution in [1.29, 1.82) is 0 Å². The van der Waals surface area contributed by atoms with Crippen LogP contribution in [0.5, 0.6) is 0 Å². The normalized spacial score (nSPS) is 12.7. The van der Waals surface area contributed by atoms with E-state index in [1.807, 2.05) is 43.3 Å². The fraction of sp³-hybridized carbons (Fsp3) is 0.192. The first kappa shape index (κ1) is 21.0. The third kappa shape index (κ3) is 3.90. The van der Waals surface area contributed by atoms with Gasteiger partial charge in [0.25, 0.3) is 5.89 Å². The molecule has 0 saturated heterocycles. The highest BCUT2D eigenvalue weighted by Crippen LogP contribution is 2.26. The zero-order valence-corrected chi connectivity index (χ0v) is 19.1. The van der Waals surface area contributed by atoms with E-state index in [0.717, 1.165) is 40.8 Å². The zero-order valence-electron chi connectivity index (χ0n) is 19.1. The Kier molecular flexibility index (Phi) is 5.02. The standard InChI is InChI=1S/C26H22N6O3/c1-16-7-9-18(10-8-16)23-28-25(35-30-23)21-6-3-13-31-24(21)29-32(26(31)34)15-22(33)27-20-12-11-17-4-2-5-19(17)14-20/h3,6-14H,2,4-5,15H2,1H3,(H,27,33). The number of pyridine rings is 1. The van der Waals surface area contributed by atoms with Gasteiger partial charge in [0.15, 0.2) is 5.65 Å². The Bertz CT molecular complexity index is 1630. The van der Waals surface area contributed by atoms with Crippen LogP contribution in [0, 0.1) is 6.92 Å². The van der Waals surface area contributed by atoms with Crippen molar-refractivity contribution in [3.63, 3.8) is 0 Å². The first-order chi connectivity index (χ1) is 17.0. The van der Waals surface area contributed by atoms with Crippen LogP contribution in [0.25, 0.3) is 28.5 Å². The largest absolute Gasteiger partial charge is 0.350 e. The van der Waals surface area contributed by atoms with E-state index in [4.69, 9.17) is 4.52 Å². The minimum absolute atomic E-state index is 0.213. The molecule has 1 amide bonds. The summed E-state index contributed by atoms with van der Waals surface area (Å²) in [7, 11) is 0. The number of nitrogens with one attached hydrogen (secondary N) is 1. The second kappa shape index (κ2) is 8.35. The summed E-state index contributed by atoms with van der Waals surface area (Å²) in [4.78, 5) is 30.1. The average molecular weight is 467 g/mol. The summed E-state index contributed by atoms with van der Waals surface area (Å²) in [6, 6.07) is 17.2. The van der Waals surface area contributed by atoms with Gasteiger partial charge >= 0.3 is 5.69 Å². The summed E-state index contributed by atoms with van der Waals surface area (Å²) in [5.41, 5.74) is 5.69. The van der Waals surface area contributed by atoms with Gasteiger partial charge in [0, 0.05) is 17.4 Å². The molecular weight excluding hydrogens is 444 g/mol. The number of nitrogens with zero attached hydrogens (tertiary/aromatic N) is 5. The van der Waals surface area contributed by atoms with Crippen molar-refractivity contribution in [1.82, 2.24) is 24.3 Å². The number of aromatic nitrogens is 5. The van der Waals surface area contributed by atoms with Gasteiger partial charge in [-0.1, -0.05) is 41.1 Å². The summed E-state index contributed by atoms with van der Waals surface area (Å²) < 4.78 is 7.99. The lowest BCUT2D eigenvalue weighted by Crippen LogP contribution is -2.28. The molecule has 5 aromatic rings. The maximum absolute atomic E-state index is 12.9. The van der Waals surface area contributed by atoms with E-state index in [1.54, 1.807) is 18.3 Å². The minimum atomic E-state index is -0.427. The Balaban J connectivity index is 1.27. The first-order valence-corrected chi connectivity index (χ1v) is 11.5. The highest BCUT2D eigenvalue weighted by molar-refractivity contribution is 5.90. The Morgan fingerprint density at radius 1 is 1.09 bits per heavy atom. The molecule has 0 atom stereocenters. The molecule has 3 aromatic heterocycles. The molecule has 174 valence electrons. The molecule has 3 heterocycles. The monoisotopic (exact) mass is 466 g/mol. The zero-order chi connectivity index (χ0) is 23.9. The number of benzene rings is 2. The number of rotatable bonds is 5. The van der Waals surface area contributed by atoms with Gasteiger partial charge in [-0.25, -0.2) is 13.9 Å². The molecule has 35 heavy (non-hydrogen) atoms. The molecule has 1 N–H and O–H groups in total. The van der Waals surface area contributed by atoms with Crippen LogP contribution in [0.1, 0.15) is 23.1 Å². The summed E-state index contributed by atoms with van der Waals surface area (Å²) in [5, 5.41) is 11.4. The van der Waals surface area contributed by atoms with Crippen LogP contribution >= 0.6 is 0 Å². The Labute approximate surface area is 200 Å². The van der Waals surface area contributed by atoms with Crippen molar-refractivity contribution in [3.8, 4) is 22.8 Å². The predicted molar refractivity (Wildman–Crippen MR) is 130 cm³/mol. The minimum Gasteiger partial charge on any atom is -0.333 e. The summed E-state index contributed by atoms with van der Waals surface area (Å²) in [6.45, 7) is 1.79. The van der Waals surface area contributed by atoms with E-state index in [-0.39, 0.29) is 18.3 Å². The Hall–Kier alpha value is -4.53. The van der Waals surface area contributed by atoms with Crippen LogP contribution in [0.4, 0.5) is 5.69 Å². The van der Waals surface area contributed by atoms with Gasteiger partial charge < -0.3 is 9.84 Å². The van der Waals surface area contributed by atoms with Crippen molar-refractivity contribution < 1.29 is 9.32 Å². The molecule has 0 saturated carbocycles. The first-order valence-electron chi connectivity index (χ1n) is 11.5. The van der Waals surface area contributed by atoms with Crippen molar-refractivity contribution in [2.45, 2.75) is 32.7 Å². The van der Waals surface area contributed by atoms with Crippen LogP contribution in [0.2, 0.25) is 0 Å². The van der Waals surface area contributed by atoms with Crippen LogP contribution in [0.15, 0.2) is 70.1 Å². The summed E-state index contributed by atoms with van der Waals surface area (Å²) in [6.07, 6.45) is 4.84. The summed E-state index contributed by atoms with van der Waals surface area (Å²) in [5.74, 6) is 0.359. The predicted octanol–water partition coefficient (Wildman–Crippen LogP) is 3.65. The lowest BCUT2D eigenvalue weighted by Gasteiger charge is -2.07. The Morgan fingerprint density at radius 3 is 2.77 bits per heavy atom. The van der Waals surface area contributed by atoms with E-state index in [1.165, 1.54) is 15.5 Å². The van der Waals surface area contributed by atoms with E-state index in [2.05, 4.69) is 26.6 Å². The van der Waals surface area contributed by atoms with Crippen molar-refractivity contribution in [3.05, 3.63) is 88.0 Å². The maximum atomic E-state index is 12.9. The number of hydrogen-bond acceptors (Lipinski definition) is 6. The molecule has 2 aromatic carbocycles. The molecule has 0 bridgehead atoms. The lowest BCUT2D eigenvalue weighted by atomic mass is 10.1. The maximum Gasteiger partial charge on any atom is 0.350 e. The van der Waals surface area contributed by atoms with Gasteiger partial charge in [-0.3, -0.25) is 4.79 Å². The Morgan fingerprint density at radius 2 is 1.91 bits per heavy atom. The van der Waals surface area contributed by atoms with E-state index >= 15 is 0 Å². The van der Waals surface area contributed by atoms with Crippen molar-refractivity contribution in [2.24, 2.45) is 0 Å². The quantitative estimate of drug-likeness (QED) is 0.424. The molecule has 0 radical (unpaired) electrons. The van der Waals surface area contributed by atoms with Crippen molar-refractivity contribution in [2.75, 3.05) is 5.32 Å². The second-order valence-corrected chi connectivity index (χ2v) is 8.73. The van der Waals surface area contributed by atoms with Gasteiger partial charge in [0.2, 0.25) is 11.7 Å². The smallest absolute Gasteiger partial charge is 0.333 e. The topological polar surface area (TPSA) is 107 Å². The molecule has 9 heteroatoms. The number of aryl methyl sites for hydroxylation is 3. The van der Waals surface area contributed by atoms with Gasteiger partial charge in [0.05, 0.1) is 5.56 Å². The van der Waals surface area contributed by atoms with E-state index < -0.39 is 5.69 Å². The SMILES string of the molecule is Cc1ccc(-c2noc(-c3cccn4c(=O)n(CC(=O)Nc5ccc6c(c5)CCC6)nc34)n2)cc1. The number of anilines is 1. The van der Waals surface area contributed by atoms with Gasteiger partial charge in [0.1, 0.15) is 6.54 Å². The highest BCUT2D eigenvalue weighted by atomic mass is 16.5. The van der Waals surface area contributed by atoms with Gasteiger partial charge in [-0.15, -0.1) is 5.10 Å². The molecule has 0 fully saturated rings. The molecular formula is C26H22N6O3. The molecule has 0 unspecified atom stereocenters. The number of amides is 1. The molecule has 1 aliphatic carbocycles. The molecule has 9 nitrogen and oxygen atoms in total. The van der Waals surface area contributed by atoms with E-state index in [9.17, 15) is 9.59 Å². The van der Waals surface area contributed by atoms with Crippen LogP contribution in [-0.2, 0) is 24.2 Å². The second-order valence-electron chi connectivity index (χ2n) is 8.73. The lowest BCUT2D eigenvalue weighted by molar-refractivity contribution is -0.117. The van der Waals surface area contributed by atoms with Crippen LogP contribution < -0.4 is 11.0 Å². The third-order valence-electron chi connectivity index (χ3n) is 6.25. The number of hydrogen-bond donors (Lipinski definition) is 1. The third-order valence-corrected chi connectivity index (χ3v) is 6.25.